The molecular formula is C17H26N2O3. The van der Waals surface area contributed by atoms with Crippen molar-refractivity contribution >= 4 is 5.91 Å². The van der Waals surface area contributed by atoms with Crippen molar-refractivity contribution in [1.82, 2.24) is 9.47 Å². The SMILES string of the molecule is COCCC1CN(C(=O)C2CCOCC2)Cc2cccn2C1. The summed E-state index contributed by atoms with van der Waals surface area (Å²) in [6, 6.07) is 4.20. The minimum absolute atomic E-state index is 0.137. The number of carbonyl (C=O) groups is 1. The summed E-state index contributed by atoms with van der Waals surface area (Å²) < 4.78 is 12.9. The predicted octanol–water partition coefficient (Wildman–Crippen LogP) is 1.91. The molecule has 3 rings (SSSR count). The third-order valence-electron chi connectivity index (χ3n) is 4.82. The summed E-state index contributed by atoms with van der Waals surface area (Å²) in [6.07, 6.45) is 4.83. The minimum atomic E-state index is 0.137. The van der Waals surface area contributed by atoms with Crippen LogP contribution in [0.25, 0.3) is 0 Å². The fraction of sp³-hybridized carbons (Fsp3) is 0.706. The molecule has 0 aromatic carbocycles. The number of aromatic nitrogens is 1. The second-order valence-electron chi connectivity index (χ2n) is 6.40. The highest BCUT2D eigenvalue weighted by Gasteiger charge is 2.30. The van der Waals surface area contributed by atoms with Crippen LogP contribution >= 0.6 is 0 Å². The highest BCUT2D eigenvalue weighted by Crippen LogP contribution is 2.24. The zero-order valence-electron chi connectivity index (χ0n) is 13.4. The number of methoxy groups -OCH3 is 1. The maximum Gasteiger partial charge on any atom is 0.226 e. The fourth-order valence-electron chi connectivity index (χ4n) is 3.52. The third-order valence-corrected chi connectivity index (χ3v) is 4.82. The molecule has 2 aliphatic heterocycles. The first-order valence-electron chi connectivity index (χ1n) is 8.27. The largest absolute Gasteiger partial charge is 0.385 e. The van der Waals surface area contributed by atoms with E-state index < -0.39 is 0 Å². The lowest BCUT2D eigenvalue weighted by Gasteiger charge is -2.30. The lowest BCUT2D eigenvalue weighted by Crippen LogP contribution is -2.40. The normalized spacial score (nSPS) is 23.1. The average molecular weight is 306 g/mol. The average Bonchev–Trinajstić information content (AvgIpc) is 2.91. The third kappa shape index (κ3) is 3.52. The predicted molar refractivity (Wildman–Crippen MR) is 83.4 cm³/mol. The van der Waals surface area contributed by atoms with Crippen LogP contribution < -0.4 is 0 Å². The van der Waals surface area contributed by atoms with Gasteiger partial charge >= 0.3 is 0 Å². The van der Waals surface area contributed by atoms with Crippen molar-refractivity contribution in [2.24, 2.45) is 11.8 Å². The number of hydrogen-bond donors (Lipinski definition) is 0. The van der Waals surface area contributed by atoms with Gasteiger partial charge in [0, 0.05) is 57.8 Å². The number of rotatable bonds is 4. The van der Waals surface area contributed by atoms with Gasteiger partial charge in [-0.05, 0) is 37.3 Å². The molecule has 122 valence electrons. The molecule has 1 aromatic rings. The maximum atomic E-state index is 12.9. The maximum absolute atomic E-state index is 12.9. The summed E-state index contributed by atoms with van der Waals surface area (Å²) in [5.41, 5.74) is 1.24. The molecule has 5 nitrogen and oxygen atoms in total. The smallest absolute Gasteiger partial charge is 0.226 e. The molecule has 0 saturated carbocycles. The molecular weight excluding hydrogens is 280 g/mol. The van der Waals surface area contributed by atoms with Crippen LogP contribution in [0.2, 0.25) is 0 Å². The Bertz CT molecular complexity index is 494. The van der Waals surface area contributed by atoms with Crippen molar-refractivity contribution < 1.29 is 14.3 Å². The zero-order chi connectivity index (χ0) is 15.4. The second-order valence-corrected chi connectivity index (χ2v) is 6.40. The molecule has 1 amide bonds. The first kappa shape index (κ1) is 15.6. The van der Waals surface area contributed by atoms with Crippen molar-refractivity contribution in [2.45, 2.75) is 32.4 Å². The molecule has 0 aliphatic carbocycles. The van der Waals surface area contributed by atoms with Gasteiger partial charge in [0.2, 0.25) is 5.91 Å². The number of nitrogens with zero attached hydrogens (tertiary/aromatic N) is 2. The highest BCUT2D eigenvalue weighted by atomic mass is 16.5. The van der Waals surface area contributed by atoms with Gasteiger partial charge < -0.3 is 18.9 Å². The highest BCUT2D eigenvalue weighted by molar-refractivity contribution is 5.79. The summed E-state index contributed by atoms with van der Waals surface area (Å²) in [5.74, 6) is 0.899. The number of hydrogen-bond acceptors (Lipinski definition) is 3. The van der Waals surface area contributed by atoms with E-state index >= 15 is 0 Å². The summed E-state index contributed by atoms with van der Waals surface area (Å²) >= 11 is 0. The molecule has 1 aromatic heterocycles. The van der Waals surface area contributed by atoms with E-state index in [0.29, 0.717) is 25.0 Å². The Balaban J connectivity index is 1.72. The molecule has 5 heteroatoms. The van der Waals surface area contributed by atoms with Crippen LogP contribution in [0.4, 0.5) is 0 Å². The van der Waals surface area contributed by atoms with E-state index in [-0.39, 0.29) is 5.92 Å². The molecule has 0 radical (unpaired) electrons. The molecule has 1 fully saturated rings. The van der Waals surface area contributed by atoms with Gasteiger partial charge in [-0.1, -0.05) is 0 Å². The molecule has 3 heterocycles. The van der Waals surface area contributed by atoms with Gasteiger partial charge in [0.15, 0.2) is 0 Å². The first-order valence-corrected chi connectivity index (χ1v) is 8.27. The van der Waals surface area contributed by atoms with Crippen LogP contribution in [0.1, 0.15) is 25.0 Å². The van der Waals surface area contributed by atoms with Gasteiger partial charge in [0.05, 0.1) is 6.54 Å². The lowest BCUT2D eigenvalue weighted by molar-refractivity contribution is -0.139. The molecule has 22 heavy (non-hydrogen) atoms. The van der Waals surface area contributed by atoms with Crippen molar-refractivity contribution in [3.8, 4) is 0 Å². The van der Waals surface area contributed by atoms with Crippen LogP contribution in [0.15, 0.2) is 18.3 Å². The van der Waals surface area contributed by atoms with Gasteiger partial charge in [-0.3, -0.25) is 4.79 Å². The summed E-state index contributed by atoms with van der Waals surface area (Å²) in [6.45, 7) is 4.72. The Labute approximate surface area is 132 Å². The van der Waals surface area contributed by atoms with Crippen LogP contribution in [0.5, 0.6) is 0 Å². The Kier molecular flexibility index (Phi) is 5.16. The number of ether oxygens (including phenoxy) is 2. The van der Waals surface area contributed by atoms with Crippen LogP contribution in [0, 0.1) is 11.8 Å². The number of carbonyl (C=O) groups excluding carboxylic acids is 1. The summed E-state index contributed by atoms with van der Waals surface area (Å²) in [4.78, 5) is 15.0. The van der Waals surface area contributed by atoms with Crippen molar-refractivity contribution in [2.75, 3.05) is 33.5 Å². The lowest BCUT2D eigenvalue weighted by atomic mass is 9.97. The summed E-state index contributed by atoms with van der Waals surface area (Å²) in [7, 11) is 1.74. The standard InChI is InChI=1S/C17H26N2O3/c1-21-8-4-14-11-18-7-2-3-16(18)13-19(12-14)17(20)15-5-9-22-10-6-15/h2-3,7,14-15H,4-6,8-13H2,1H3. The molecule has 1 unspecified atom stereocenters. The van der Waals surface area contributed by atoms with E-state index in [9.17, 15) is 4.79 Å². The van der Waals surface area contributed by atoms with E-state index in [1.807, 2.05) is 0 Å². The van der Waals surface area contributed by atoms with Crippen molar-refractivity contribution in [3.05, 3.63) is 24.0 Å². The summed E-state index contributed by atoms with van der Waals surface area (Å²) in [5, 5.41) is 0. The van der Waals surface area contributed by atoms with E-state index in [2.05, 4.69) is 27.8 Å². The van der Waals surface area contributed by atoms with Crippen molar-refractivity contribution in [3.63, 3.8) is 0 Å². The number of amides is 1. The van der Waals surface area contributed by atoms with E-state index in [1.165, 1.54) is 5.69 Å². The Morgan fingerprint density at radius 1 is 1.36 bits per heavy atom. The monoisotopic (exact) mass is 306 g/mol. The molecule has 1 atom stereocenters. The van der Waals surface area contributed by atoms with Crippen LogP contribution in [-0.2, 0) is 27.4 Å². The van der Waals surface area contributed by atoms with Gasteiger partial charge in [-0.2, -0.15) is 0 Å². The second kappa shape index (κ2) is 7.29. The molecule has 1 saturated heterocycles. The molecule has 2 aliphatic rings. The Hall–Kier alpha value is -1.33. The number of fused-ring (bicyclic) bond motifs is 1. The van der Waals surface area contributed by atoms with E-state index in [4.69, 9.17) is 9.47 Å². The molecule has 0 bridgehead atoms. The van der Waals surface area contributed by atoms with Crippen molar-refractivity contribution in [1.29, 1.82) is 0 Å². The Morgan fingerprint density at radius 3 is 2.95 bits per heavy atom. The quantitative estimate of drug-likeness (QED) is 0.853. The van der Waals surface area contributed by atoms with E-state index in [1.54, 1.807) is 7.11 Å². The minimum Gasteiger partial charge on any atom is -0.385 e. The van der Waals surface area contributed by atoms with Gasteiger partial charge in [0.25, 0.3) is 0 Å². The van der Waals surface area contributed by atoms with Crippen LogP contribution in [-0.4, -0.2) is 48.8 Å². The molecule has 0 spiro atoms. The van der Waals surface area contributed by atoms with Gasteiger partial charge in [-0.25, -0.2) is 0 Å². The first-order chi connectivity index (χ1) is 10.8. The Morgan fingerprint density at radius 2 is 2.18 bits per heavy atom. The van der Waals surface area contributed by atoms with Crippen LogP contribution in [0.3, 0.4) is 0 Å². The van der Waals surface area contributed by atoms with E-state index in [0.717, 1.165) is 45.5 Å². The van der Waals surface area contributed by atoms with Gasteiger partial charge in [-0.15, -0.1) is 0 Å². The van der Waals surface area contributed by atoms with Gasteiger partial charge in [0.1, 0.15) is 0 Å². The topological polar surface area (TPSA) is 43.7 Å². The fourth-order valence-corrected chi connectivity index (χ4v) is 3.52. The molecule has 0 N–H and O–H groups in total. The zero-order valence-corrected chi connectivity index (χ0v) is 13.4.